The fraction of sp³-hybridized carbons (Fsp3) is 0.625. The fourth-order valence-electron chi connectivity index (χ4n) is 3.13. The highest BCUT2D eigenvalue weighted by molar-refractivity contribution is 5.92. The monoisotopic (exact) mass is 334 g/mol. The molecule has 2 atom stereocenters. The second-order valence-corrected chi connectivity index (χ2v) is 6.42. The van der Waals surface area contributed by atoms with Crippen LogP contribution in [0.25, 0.3) is 0 Å². The summed E-state index contributed by atoms with van der Waals surface area (Å²) in [7, 11) is 0. The molecule has 3 heterocycles. The lowest BCUT2D eigenvalue weighted by Gasteiger charge is -2.17. The van der Waals surface area contributed by atoms with Crippen LogP contribution in [0.5, 0.6) is 0 Å². The van der Waals surface area contributed by atoms with Crippen LogP contribution in [-0.2, 0) is 9.53 Å². The van der Waals surface area contributed by atoms with Gasteiger partial charge in [-0.3, -0.25) is 19.5 Å². The Morgan fingerprint density at radius 3 is 3.00 bits per heavy atom. The van der Waals surface area contributed by atoms with Crippen LogP contribution in [0, 0.1) is 12.8 Å². The molecule has 2 N–H and O–H groups in total. The molecule has 130 valence electrons. The molecule has 1 aromatic rings. The minimum absolute atomic E-state index is 0.0751. The normalized spacial score (nSPS) is 23.5. The number of carbonyl (C=O) groups is 2. The molecule has 0 aliphatic carbocycles. The maximum Gasteiger partial charge on any atom is 0.278 e. The Hall–Kier alpha value is -2.22. The summed E-state index contributed by atoms with van der Waals surface area (Å²) in [6, 6.07) is 1.37. The summed E-state index contributed by atoms with van der Waals surface area (Å²) in [6.07, 6.45) is 2.14. The number of nitrogens with one attached hydrogen (secondary N) is 2. The molecule has 24 heavy (non-hydrogen) atoms. The van der Waals surface area contributed by atoms with E-state index in [0.29, 0.717) is 31.9 Å². The molecular weight excluding hydrogens is 312 g/mol. The number of rotatable bonds is 4. The molecule has 0 bridgehead atoms. The molecule has 2 fully saturated rings. The number of aromatic nitrogens is 2. The van der Waals surface area contributed by atoms with Gasteiger partial charge in [0.05, 0.1) is 0 Å². The lowest BCUT2D eigenvalue weighted by molar-refractivity contribution is -0.130. The van der Waals surface area contributed by atoms with Crippen molar-refractivity contribution in [3.05, 3.63) is 27.7 Å². The molecule has 0 spiro atoms. The largest absolute Gasteiger partial charge is 0.368 e. The Labute approximate surface area is 139 Å². The van der Waals surface area contributed by atoms with Gasteiger partial charge in [0, 0.05) is 38.0 Å². The van der Waals surface area contributed by atoms with E-state index in [-0.39, 0.29) is 35.0 Å². The van der Waals surface area contributed by atoms with Crippen LogP contribution in [-0.4, -0.2) is 59.3 Å². The van der Waals surface area contributed by atoms with Gasteiger partial charge in [-0.15, -0.1) is 0 Å². The zero-order valence-corrected chi connectivity index (χ0v) is 13.7. The van der Waals surface area contributed by atoms with E-state index in [1.807, 2.05) is 0 Å². The molecule has 2 aliphatic rings. The zero-order chi connectivity index (χ0) is 17.1. The number of nitrogens with zero attached hydrogens (tertiary/aromatic N) is 2. The average molecular weight is 334 g/mol. The van der Waals surface area contributed by atoms with Crippen molar-refractivity contribution >= 4 is 11.8 Å². The predicted octanol–water partition coefficient (Wildman–Crippen LogP) is -0.164. The van der Waals surface area contributed by atoms with E-state index in [0.717, 1.165) is 19.3 Å². The maximum atomic E-state index is 12.4. The maximum absolute atomic E-state index is 12.4. The van der Waals surface area contributed by atoms with E-state index in [1.54, 1.807) is 11.8 Å². The van der Waals surface area contributed by atoms with Gasteiger partial charge in [-0.2, -0.15) is 5.10 Å². The molecule has 2 aliphatic heterocycles. The first-order chi connectivity index (χ1) is 11.5. The topological polar surface area (TPSA) is 104 Å². The first-order valence-corrected chi connectivity index (χ1v) is 8.29. The summed E-state index contributed by atoms with van der Waals surface area (Å²) in [5.74, 6) is -0.248. The van der Waals surface area contributed by atoms with Gasteiger partial charge in [0.1, 0.15) is 6.10 Å². The summed E-state index contributed by atoms with van der Waals surface area (Å²) >= 11 is 0. The van der Waals surface area contributed by atoms with Crippen LogP contribution < -0.4 is 10.7 Å². The highest BCUT2D eigenvalue weighted by atomic mass is 16.5. The van der Waals surface area contributed by atoms with Crippen molar-refractivity contribution in [2.75, 3.05) is 26.2 Å². The number of hydrogen-bond donors (Lipinski definition) is 2. The van der Waals surface area contributed by atoms with E-state index in [4.69, 9.17) is 4.74 Å². The Bertz CT molecular complexity index is 681. The molecule has 8 heteroatoms. The van der Waals surface area contributed by atoms with Crippen LogP contribution in [0.4, 0.5) is 0 Å². The molecule has 0 unspecified atom stereocenters. The molecule has 3 rings (SSSR count). The van der Waals surface area contributed by atoms with Gasteiger partial charge in [-0.1, -0.05) is 0 Å². The van der Waals surface area contributed by atoms with Crippen molar-refractivity contribution in [1.82, 2.24) is 20.4 Å². The van der Waals surface area contributed by atoms with Gasteiger partial charge >= 0.3 is 0 Å². The van der Waals surface area contributed by atoms with E-state index < -0.39 is 0 Å². The van der Waals surface area contributed by atoms with E-state index in [2.05, 4.69) is 15.5 Å². The van der Waals surface area contributed by atoms with Crippen molar-refractivity contribution < 1.29 is 14.3 Å². The molecule has 1 aromatic heterocycles. The quantitative estimate of drug-likeness (QED) is 0.796. The Kier molecular flexibility index (Phi) is 4.94. The first-order valence-electron chi connectivity index (χ1n) is 8.29. The van der Waals surface area contributed by atoms with Crippen molar-refractivity contribution in [3.63, 3.8) is 0 Å². The van der Waals surface area contributed by atoms with Crippen LogP contribution in [0.3, 0.4) is 0 Å². The summed E-state index contributed by atoms with van der Waals surface area (Å²) in [5, 5.41) is 9.42. The van der Waals surface area contributed by atoms with Crippen LogP contribution in [0.15, 0.2) is 10.9 Å². The highest BCUT2D eigenvalue weighted by Gasteiger charge is 2.30. The van der Waals surface area contributed by atoms with Gasteiger partial charge < -0.3 is 15.0 Å². The number of amides is 2. The third kappa shape index (κ3) is 3.64. The fourth-order valence-corrected chi connectivity index (χ4v) is 3.13. The van der Waals surface area contributed by atoms with Crippen LogP contribution >= 0.6 is 0 Å². The van der Waals surface area contributed by atoms with Crippen molar-refractivity contribution in [2.24, 2.45) is 5.92 Å². The van der Waals surface area contributed by atoms with Gasteiger partial charge in [0.15, 0.2) is 5.69 Å². The smallest absolute Gasteiger partial charge is 0.278 e. The molecule has 0 radical (unpaired) electrons. The molecule has 0 aromatic carbocycles. The second-order valence-electron chi connectivity index (χ2n) is 6.42. The molecular formula is C16H22N4O4. The van der Waals surface area contributed by atoms with E-state index in [1.165, 1.54) is 6.07 Å². The van der Waals surface area contributed by atoms with E-state index in [9.17, 15) is 14.4 Å². The Balaban J connectivity index is 1.52. The summed E-state index contributed by atoms with van der Waals surface area (Å²) in [4.78, 5) is 37.9. The third-order valence-electron chi connectivity index (χ3n) is 4.49. The SMILES string of the molecule is Cc1cc(=O)c(C(=O)N2CC[C@H](CNC(=O)[C@@H]3CCCO3)C2)n[nH]1. The predicted molar refractivity (Wildman–Crippen MR) is 85.6 cm³/mol. The Morgan fingerprint density at radius 1 is 1.46 bits per heavy atom. The lowest BCUT2D eigenvalue weighted by Crippen LogP contribution is -2.38. The number of H-pyrrole nitrogens is 1. The van der Waals surface area contributed by atoms with Gasteiger partial charge in [-0.05, 0) is 32.1 Å². The number of hydrogen-bond acceptors (Lipinski definition) is 5. The lowest BCUT2D eigenvalue weighted by atomic mass is 10.1. The van der Waals surface area contributed by atoms with Gasteiger partial charge in [0.25, 0.3) is 5.91 Å². The van der Waals surface area contributed by atoms with Gasteiger partial charge in [-0.25, -0.2) is 0 Å². The molecule has 8 nitrogen and oxygen atoms in total. The number of aromatic amines is 1. The molecule has 0 saturated carbocycles. The number of carbonyl (C=O) groups excluding carboxylic acids is 2. The summed E-state index contributed by atoms with van der Waals surface area (Å²) in [5.41, 5.74) is 0.170. The first kappa shape index (κ1) is 16.6. The number of likely N-dealkylation sites (tertiary alicyclic amines) is 1. The van der Waals surface area contributed by atoms with Crippen LogP contribution in [0.1, 0.15) is 35.4 Å². The summed E-state index contributed by atoms with van der Waals surface area (Å²) in [6.45, 7) is 3.95. The molecule has 2 saturated heterocycles. The minimum Gasteiger partial charge on any atom is -0.368 e. The highest BCUT2D eigenvalue weighted by Crippen LogP contribution is 2.17. The summed E-state index contributed by atoms with van der Waals surface area (Å²) < 4.78 is 5.35. The van der Waals surface area contributed by atoms with Gasteiger partial charge in [0.2, 0.25) is 11.3 Å². The van der Waals surface area contributed by atoms with Crippen molar-refractivity contribution in [3.8, 4) is 0 Å². The van der Waals surface area contributed by atoms with E-state index >= 15 is 0 Å². The standard InChI is InChI=1S/C16H22N4O4/c1-10-7-12(21)14(19-18-10)16(23)20-5-4-11(9-20)8-17-15(22)13-3-2-6-24-13/h7,11,13H,2-6,8-9H2,1H3,(H,17,22)(H,18,21)/t11-,13+/m1/s1. The van der Waals surface area contributed by atoms with Crippen molar-refractivity contribution in [1.29, 1.82) is 0 Å². The molecule has 2 amide bonds. The zero-order valence-electron chi connectivity index (χ0n) is 13.7. The van der Waals surface area contributed by atoms with Crippen LogP contribution in [0.2, 0.25) is 0 Å². The Morgan fingerprint density at radius 2 is 2.29 bits per heavy atom. The average Bonchev–Trinajstić information content (AvgIpc) is 3.24. The third-order valence-corrected chi connectivity index (χ3v) is 4.49. The number of ether oxygens (including phenoxy) is 1. The van der Waals surface area contributed by atoms with Crippen molar-refractivity contribution in [2.45, 2.75) is 32.3 Å². The minimum atomic E-state index is -0.369. The second kappa shape index (κ2) is 7.12. The number of aryl methyl sites for hydroxylation is 1.